The third kappa shape index (κ3) is 5.90. The van der Waals surface area contributed by atoms with Crippen LogP contribution >= 0.6 is 0 Å². The zero-order valence-corrected chi connectivity index (χ0v) is 16.3. The molecule has 2 N–H and O–H groups in total. The van der Waals surface area contributed by atoms with Crippen LogP contribution in [0.5, 0.6) is 0 Å². The van der Waals surface area contributed by atoms with E-state index in [0.717, 1.165) is 6.42 Å². The Hall–Kier alpha value is -3.22. The SMILES string of the molecule is CC(CC(C)(C)c1ccccc1)NC(=O)CNC(=O)c1cccc([N+](=O)[O-])c1. The molecule has 2 aromatic carbocycles. The summed E-state index contributed by atoms with van der Waals surface area (Å²) in [6.45, 7) is 5.97. The van der Waals surface area contributed by atoms with Crippen molar-refractivity contribution in [3.05, 3.63) is 75.8 Å². The van der Waals surface area contributed by atoms with Crippen molar-refractivity contribution in [3.8, 4) is 0 Å². The van der Waals surface area contributed by atoms with Crippen molar-refractivity contribution in [2.24, 2.45) is 0 Å². The molecule has 0 fully saturated rings. The highest BCUT2D eigenvalue weighted by atomic mass is 16.6. The molecule has 0 saturated heterocycles. The minimum atomic E-state index is -0.570. The van der Waals surface area contributed by atoms with Crippen molar-refractivity contribution in [3.63, 3.8) is 0 Å². The van der Waals surface area contributed by atoms with E-state index in [1.54, 1.807) is 0 Å². The summed E-state index contributed by atoms with van der Waals surface area (Å²) < 4.78 is 0. The predicted octanol–water partition coefficient (Wildman–Crippen LogP) is 3.20. The van der Waals surface area contributed by atoms with E-state index in [-0.39, 0.29) is 35.2 Å². The van der Waals surface area contributed by atoms with Crippen LogP contribution in [-0.2, 0) is 10.2 Å². The van der Waals surface area contributed by atoms with E-state index in [0.29, 0.717) is 0 Å². The quantitative estimate of drug-likeness (QED) is 0.540. The first-order valence-corrected chi connectivity index (χ1v) is 9.06. The van der Waals surface area contributed by atoms with Crippen LogP contribution in [0.2, 0.25) is 0 Å². The van der Waals surface area contributed by atoms with Crippen LogP contribution in [0.25, 0.3) is 0 Å². The second kappa shape index (κ2) is 9.12. The molecule has 2 aromatic rings. The number of non-ortho nitro benzene ring substituents is 1. The summed E-state index contributed by atoms with van der Waals surface area (Å²) in [5, 5.41) is 16.2. The van der Waals surface area contributed by atoms with Crippen LogP contribution in [0.1, 0.15) is 43.1 Å². The lowest BCUT2D eigenvalue weighted by Crippen LogP contribution is -2.42. The van der Waals surface area contributed by atoms with Gasteiger partial charge >= 0.3 is 0 Å². The van der Waals surface area contributed by atoms with Gasteiger partial charge in [0.1, 0.15) is 0 Å². The number of nitro benzene ring substituents is 1. The van der Waals surface area contributed by atoms with Crippen molar-refractivity contribution in [1.82, 2.24) is 10.6 Å². The number of benzene rings is 2. The molecule has 1 atom stereocenters. The van der Waals surface area contributed by atoms with Crippen LogP contribution in [0.4, 0.5) is 5.69 Å². The first-order chi connectivity index (χ1) is 13.2. The van der Waals surface area contributed by atoms with Gasteiger partial charge in [-0.25, -0.2) is 0 Å². The molecule has 2 rings (SSSR count). The smallest absolute Gasteiger partial charge is 0.270 e. The monoisotopic (exact) mass is 383 g/mol. The molecule has 0 aliphatic heterocycles. The molecule has 2 amide bonds. The largest absolute Gasteiger partial charge is 0.352 e. The van der Waals surface area contributed by atoms with Gasteiger partial charge in [0.15, 0.2) is 0 Å². The van der Waals surface area contributed by atoms with E-state index in [1.807, 2.05) is 25.1 Å². The van der Waals surface area contributed by atoms with Gasteiger partial charge in [-0.1, -0.05) is 50.2 Å². The Morgan fingerprint density at radius 2 is 1.79 bits per heavy atom. The molecule has 0 radical (unpaired) electrons. The Balaban J connectivity index is 1.85. The van der Waals surface area contributed by atoms with E-state index in [9.17, 15) is 19.7 Å². The van der Waals surface area contributed by atoms with Crippen LogP contribution in [0, 0.1) is 10.1 Å². The van der Waals surface area contributed by atoms with E-state index < -0.39 is 10.8 Å². The van der Waals surface area contributed by atoms with Crippen molar-refractivity contribution in [2.45, 2.75) is 38.6 Å². The third-order valence-electron chi connectivity index (χ3n) is 4.51. The lowest BCUT2D eigenvalue weighted by molar-refractivity contribution is -0.384. The minimum Gasteiger partial charge on any atom is -0.352 e. The standard InChI is InChI=1S/C21H25N3O4/c1-15(13-21(2,3)17-9-5-4-6-10-17)23-19(25)14-22-20(26)16-8-7-11-18(12-16)24(27)28/h4-12,15H,13-14H2,1-3H3,(H,22,26)(H,23,25). The molecule has 0 aliphatic carbocycles. The highest BCUT2D eigenvalue weighted by molar-refractivity contribution is 5.96. The van der Waals surface area contributed by atoms with Gasteiger partial charge in [-0.05, 0) is 30.4 Å². The highest BCUT2D eigenvalue weighted by Gasteiger charge is 2.24. The lowest BCUT2D eigenvalue weighted by Gasteiger charge is -2.29. The zero-order chi connectivity index (χ0) is 20.7. The van der Waals surface area contributed by atoms with Gasteiger partial charge in [0.2, 0.25) is 5.91 Å². The molecular formula is C21H25N3O4. The Morgan fingerprint density at radius 3 is 2.43 bits per heavy atom. The van der Waals surface area contributed by atoms with Gasteiger partial charge < -0.3 is 10.6 Å². The Labute approximate surface area is 164 Å². The summed E-state index contributed by atoms with van der Waals surface area (Å²) in [6.07, 6.45) is 0.738. The summed E-state index contributed by atoms with van der Waals surface area (Å²) >= 11 is 0. The van der Waals surface area contributed by atoms with E-state index in [2.05, 4.69) is 36.6 Å². The minimum absolute atomic E-state index is 0.0857. The van der Waals surface area contributed by atoms with Crippen LogP contribution in [0.15, 0.2) is 54.6 Å². The number of rotatable bonds is 8. The molecule has 0 heterocycles. The van der Waals surface area contributed by atoms with Crippen molar-refractivity contribution in [2.75, 3.05) is 6.54 Å². The number of amides is 2. The van der Waals surface area contributed by atoms with Crippen LogP contribution < -0.4 is 10.6 Å². The Kier molecular flexibility index (Phi) is 6.87. The van der Waals surface area contributed by atoms with Crippen molar-refractivity contribution < 1.29 is 14.5 Å². The molecule has 0 bridgehead atoms. The number of hydrogen-bond donors (Lipinski definition) is 2. The Morgan fingerprint density at radius 1 is 1.11 bits per heavy atom. The number of carbonyl (C=O) groups is 2. The summed E-state index contributed by atoms with van der Waals surface area (Å²) in [4.78, 5) is 34.5. The second-order valence-corrected chi connectivity index (χ2v) is 7.41. The Bertz CT molecular complexity index is 850. The molecule has 0 saturated carbocycles. The number of nitro groups is 1. The third-order valence-corrected chi connectivity index (χ3v) is 4.51. The van der Waals surface area contributed by atoms with E-state index >= 15 is 0 Å². The van der Waals surface area contributed by atoms with Gasteiger partial charge in [-0.2, -0.15) is 0 Å². The molecule has 148 valence electrons. The second-order valence-electron chi connectivity index (χ2n) is 7.41. The fourth-order valence-corrected chi connectivity index (χ4v) is 3.17. The highest BCUT2D eigenvalue weighted by Crippen LogP contribution is 2.28. The molecule has 0 aliphatic rings. The first-order valence-electron chi connectivity index (χ1n) is 9.06. The summed E-state index contributed by atoms with van der Waals surface area (Å²) in [7, 11) is 0. The maximum atomic E-state index is 12.2. The van der Waals surface area contributed by atoms with E-state index in [1.165, 1.54) is 29.8 Å². The van der Waals surface area contributed by atoms with Crippen molar-refractivity contribution in [1.29, 1.82) is 0 Å². The maximum absolute atomic E-state index is 12.2. The summed E-state index contributed by atoms with van der Waals surface area (Å²) in [6, 6.07) is 15.4. The van der Waals surface area contributed by atoms with Gasteiger partial charge in [0, 0.05) is 23.7 Å². The molecule has 7 heteroatoms. The molecule has 0 spiro atoms. The lowest BCUT2D eigenvalue weighted by atomic mass is 9.79. The average Bonchev–Trinajstić information content (AvgIpc) is 2.66. The fraction of sp³-hybridized carbons (Fsp3) is 0.333. The maximum Gasteiger partial charge on any atom is 0.270 e. The van der Waals surface area contributed by atoms with Gasteiger partial charge in [0.05, 0.1) is 11.5 Å². The van der Waals surface area contributed by atoms with Crippen molar-refractivity contribution >= 4 is 17.5 Å². The molecule has 28 heavy (non-hydrogen) atoms. The van der Waals surface area contributed by atoms with Gasteiger partial charge in [-0.3, -0.25) is 19.7 Å². The topological polar surface area (TPSA) is 101 Å². The van der Waals surface area contributed by atoms with Gasteiger partial charge in [0.25, 0.3) is 11.6 Å². The number of hydrogen-bond acceptors (Lipinski definition) is 4. The first kappa shape index (κ1) is 21.1. The molecule has 1 unspecified atom stereocenters. The van der Waals surface area contributed by atoms with Gasteiger partial charge in [-0.15, -0.1) is 0 Å². The summed E-state index contributed by atoms with van der Waals surface area (Å²) in [5.41, 5.74) is 1.05. The van der Waals surface area contributed by atoms with Crippen LogP contribution in [-0.4, -0.2) is 29.3 Å². The zero-order valence-electron chi connectivity index (χ0n) is 16.3. The number of carbonyl (C=O) groups excluding carboxylic acids is 2. The molecular weight excluding hydrogens is 358 g/mol. The van der Waals surface area contributed by atoms with Crippen LogP contribution in [0.3, 0.4) is 0 Å². The predicted molar refractivity (Wildman–Crippen MR) is 107 cm³/mol. The number of nitrogens with zero attached hydrogens (tertiary/aromatic N) is 1. The molecule has 7 nitrogen and oxygen atoms in total. The molecule has 0 aromatic heterocycles. The fourth-order valence-electron chi connectivity index (χ4n) is 3.17. The normalized spacial score (nSPS) is 12.1. The number of nitrogens with one attached hydrogen (secondary N) is 2. The average molecular weight is 383 g/mol. The summed E-state index contributed by atoms with van der Waals surface area (Å²) in [5.74, 6) is -0.841. The van der Waals surface area contributed by atoms with E-state index in [4.69, 9.17) is 0 Å².